The van der Waals surface area contributed by atoms with Gasteiger partial charge in [0, 0.05) is 24.6 Å². The van der Waals surface area contributed by atoms with Gasteiger partial charge >= 0.3 is 0 Å². The first kappa shape index (κ1) is 12.6. The fraction of sp³-hybridized carbons (Fsp3) is 0.429. The minimum absolute atomic E-state index is 0.448. The highest BCUT2D eigenvalue weighted by atomic mass is 15.3. The van der Waals surface area contributed by atoms with Crippen LogP contribution in [0.1, 0.15) is 27.2 Å². The lowest BCUT2D eigenvalue weighted by molar-refractivity contribution is 0.510. The van der Waals surface area contributed by atoms with E-state index in [4.69, 9.17) is 0 Å². The molecule has 0 saturated heterocycles. The Balaban J connectivity index is 2.28. The van der Waals surface area contributed by atoms with Crippen molar-refractivity contribution in [1.29, 1.82) is 0 Å². The van der Waals surface area contributed by atoms with E-state index in [1.165, 1.54) is 0 Å². The molecule has 18 heavy (non-hydrogen) atoms. The van der Waals surface area contributed by atoms with Crippen LogP contribution in [0.15, 0.2) is 36.8 Å². The predicted molar refractivity (Wildman–Crippen MR) is 73.9 cm³/mol. The quantitative estimate of drug-likeness (QED) is 0.878. The molecule has 1 N–H and O–H groups in total. The van der Waals surface area contributed by atoms with Crippen LogP contribution in [0.5, 0.6) is 0 Å². The van der Waals surface area contributed by atoms with Crippen molar-refractivity contribution in [3.63, 3.8) is 0 Å². The van der Waals surface area contributed by atoms with E-state index in [1.807, 2.05) is 18.3 Å². The molecule has 0 aliphatic heterocycles. The molecule has 2 rings (SSSR count). The Morgan fingerprint density at radius 1 is 1.28 bits per heavy atom. The minimum Gasteiger partial charge on any atom is -0.379 e. The van der Waals surface area contributed by atoms with E-state index in [0.29, 0.717) is 12.0 Å². The summed E-state index contributed by atoms with van der Waals surface area (Å²) in [5, 5.41) is 7.80. The Hall–Kier alpha value is -1.84. The third kappa shape index (κ3) is 2.70. The zero-order valence-electron chi connectivity index (χ0n) is 11.2. The number of nitrogens with zero attached hydrogens (tertiary/aromatic N) is 3. The van der Waals surface area contributed by atoms with Crippen molar-refractivity contribution in [3.05, 3.63) is 36.8 Å². The summed E-state index contributed by atoms with van der Waals surface area (Å²) in [6, 6.07) is 6.35. The van der Waals surface area contributed by atoms with E-state index in [0.717, 1.165) is 17.9 Å². The van der Waals surface area contributed by atoms with Gasteiger partial charge in [0.25, 0.3) is 0 Å². The van der Waals surface area contributed by atoms with Gasteiger partial charge in [0.15, 0.2) is 5.82 Å². The largest absolute Gasteiger partial charge is 0.379 e. The van der Waals surface area contributed by atoms with Gasteiger partial charge < -0.3 is 5.32 Å². The number of hydrogen-bond acceptors (Lipinski definition) is 3. The van der Waals surface area contributed by atoms with E-state index in [9.17, 15) is 0 Å². The van der Waals surface area contributed by atoms with Gasteiger partial charge in [-0.05, 0) is 30.5 Å². The van der Waals surface area contributed by atoms with Crippen molar-refractivity contribution in [1.82, 2.24) is 14.8 Å². The molecule has 0 spiro atoms. The summed E-state index contributed by atoms with van der Waals surface area (Å²) in [5.74, 6) is 1.43. The van der Waals surface area contributed by atoms with Crippen molar-refractivity contribution in [2.45, 2.75) is 33.2 Å². The molecule has 0 radical (unpaired) electrons. The van der Waals surface area contributed by atoms with Crippen LogP contribution in [-0.4, -0.2) is 20.8 Å². The van der Waals surface area contributed by atoms with Crippen LogP contribution in [-0.2, 0) is 0 Å². The van der Waals surface area contributed by atoms with Crippen LogP contribution in [0.3, 0.4) is 0 Å². The zero-order valence-corrected chi connectivity index (χ0v) is 11.2. The first-order valence-corrected chi connectivity index (χ1v) is 6.44. The van der Waals surface area contributed by atoms with Crippen molar-refractivity contribution in [3.8, 4) is 5.82 Å². The van der Waals surface area contributed by atoms with Crippen LogP contribution in [0.4, 0.5) is 5.69 Å². The molecule has 0 amide bonds. The van der Waals surface area contributed by atoms with Gasteiger partial charge in [0.2, 0.25) is 0 Å². The molecule has 0 aliphatic carbocycles. The Kier molecular flexibility index (Phi) is 3.97. The van der Waals surface area contributed by atoms with E-state index < -0.39 is 0 Å². The number of nitrogens with one attached hydrogen (secondary N) is 1. The molecule has 0 saturated carbocycles. The maximum absolute atomic E-state index is 4.41. The van der Waals surface area contributed by atoms with Crippen LogP contribution in [0, 0.1) is 5.92 Å². The average molecular weight is 244 g/mol. The van der Waals surface area contributed by atoms with Gasteiger partial charge in [0.05, 0.1) is 5.69 Å². The summed E-state index contributed by atoms with van der Waals surface area (Å²) in [7, 11) is 0. The Morgan fingerprint density at radius 2 is 2.11 bits per heavy atom. The lowest BCUT2D eigenvalue weighted by Gasteiger charge is -2.23. The third-order valence-corrected chi connectivity index (χ3v) is 3.09. The molecule has 2 heterocycles. The number of aromatic nitrogens is 3. The van der Waals surface area contributed by atoms with E-state index in [2.05, 4.69) is 42.2 Å². The van der Waals surface area contributed by atoms with Crippen LogP contribution >= 0.6 is 0 Å². The van der Waals surface area contributed by atoms with E-state index >= 15 is 0 Å². The standard InChI is InChI=1S/C14H20N4/c1-4-12(11(2)3)17-13-7-5-8-15-14(13)18-10-6-9-16-18/h5-12,17H,4H2,1-3H3. The molecule has 2 aromatic heterocycles. The molecule has 96 valence electrons. The minimum atomic E-state index is 0.448. The predicted octanol–water partition coefficient (Wildman–Crippen LogP) is 3.11. The first-order chi connectivity index (χ1) is 8.72. The molecule has 0 aliphatic rings. The smallest absolute Gasteiger partial charge is 0.176 e. The lowest BCUT2D eigenvalue weighted by atomic mass is 10.0. The highest BCUT2D eigenvalue weighted by molar-refractivity contribution is 5.56. The second kappa shape index (κ2) is 5.67. The van der Waals surface area contributed by atoms with Gasteiger partial charge in [-0.2, -0.15) is 5.10 Å². The molecular formula is C14H20N4. The topological polar surface area (TPSA) is 42.7 Å². The molecule has 0 aromatic carbocycles. The summed E-state index contributed by atoms with van der Waals surface area (Å²) < 4.78 is 1.79. The van der Waals surface area contributed by atoms with Crippen LogP contribution < -0.4 is 5.32 Å². The zero-order chi connectivity index (χ0) is 13.0. The van der Waals surface area contributed by atoms with Gasteiger partial charge in [-0.1, -0.05) is 20.8 Å². The van der Waals surface area contributed by atoms with Gasteiger partial charge in [0.1, 0.15) is 0 Å². The number of hydrogen-bond donors (Lipinski definition) is 1. The summed E-state index contributed by atoms with van der Waals surface area (Å²) in [4.78, 5) is 4.41. The highest BCUT2D eigenvalue weighted by Crippen LogP contribution is 2.20. The summed E-state index contributed by atoms with van der Waals surface area (Å²) in [6.45, 7) is 6.65. The fourth-order valence-electron chi connectivity index (χ4n) is 2.03. The lowest BCUT2D eigenvalue weighted by Crippen LogP contribution is -2.25. The van der Waals surface area contributed by atoms with Crippen molar-refractivity contribution >= 4 is 5.69 Å². The van der Waals surface area contributed by atoms with Crippen molar-refractivity contribution in [2.75, 3.05) is 5.32 Å². The van der Waals surface area contributed by atoms with Crippen molar-refractivity contribution < 1.29 is 0 Å². The van der Waals surface area contributed by atoms with E-state index in [-0.39, 0.29) is 0 Å². The van der Waals surface area contributed by atoms with Gasteiger partial charge in [-0.15, -0.1) is 0 Å². The molecule has 0 fully saturated rings. The Bertz CT molecular complexity index is 476. The highest BCUT2D eigenvalue weighted by Gasteiger charge is 2.13. The molecule has 0 bridgehead atoms. The maximum Gasteiger partial charge on any atom is 0.176 e. The number of rotatable bonds is 5. The maximum atomic E-state index is 4.41. The first-order valence-electron chi connectivity index (χ1n) is 6.44. The second-order valence-corrected chi connectivity index (χ2v) is 4.73. The monoisotopic (exact) mass is 244 g/mol. The average Bonchev–Trinajstić information content (AvgIpc) is 2.89. The van der Waals surface area contributed by atoms with E-state index in [1.54, 1.807) is 17.1 Å². The molecule has 1 atom stereocenters. The molecule has 4 nitrogen and oxygen atoms in total. The Morgan fingerprint density at radius 3 is 2.72 bits per heavy atom. The van der Waals surface area contributed by atoms with Crippen LogP contribution in [0.25, 0.3) is 5.82 Å². The van der Waals surface area contributed by atoms with Crippen molar-refractivity contribution in [2.24, 2.45) is 5.92 Å². The van der Waals surface area contributed by atoms with Gasteiger partial charge in [-0.3, -0.25) is 0 Å². The molecule has 1 unspecified atom stereocenters. The third-order valence-electron chi connectivity index (χ3n) is 3.09. The Labute approximate surface area is 108 Å². The second-order valence-electron chi connectivity index (χ2n) is 4.73. The summed E-state index contributed by atoms with van der Waals surface area (Å²) in [5.41, 5.74) is 1.03. The van der Waals surface area contributed by atoms with Gasteiger partial charge in [-0.25, -0.2) is 9.67 Å². The number of pyridine rings is 1. The number of anilines is 1. The molecule has 2 aromatic rings. The summed E-state index contributed by atoms with van der Waals surface area (Å²) >= 11 is 0. The van der Waals surface area contributed by atoms with Crippen LogP contribution in [0.2, 0.25) is 0 Å². The summed E-state index contributed by atoms with van der Waals surface area (Å²) in [6.07, 6.45) is 6.55. The fourth-order valence-corrected chi connectivity index (χ4v) is 2.03. The SMILES string of the molecule is CCC(Nc1cccnc1-n1cccn1)C(C)C. The normalized spacial score (nSPS) is 12.7. The molecular weight excluding hydrogens is 224 g/mol. The molecule has 4 heteroatoms.